The Morgan fingerprint density at radius 1 is 0.968 bits per heavy atom. The molecule has 0 unspecified atom stereocenters. The first-order chi connectivity index (χ1) is 14.9. The third-order valence-corrected chi connectivity index (χ3v) is 6.36. The molecular formula is C22H15ClFNO5S. The molecule has 0 aliphatic heterocycles. The molecule has 9 heteroatoms. The van der Waals surface area contributed by atoms with Gasteiger partial charge in [0.2, 0.25) is 14.9 Å². The van der Waals surface area contributed by atoms with E-state index in [0.717, 1.165) is 4.90 Å². The van der Waals surface area contributed by atoms with Gasteiger partial charge in [0, 0.05) is 5.02 Å². The maximum atomic E-state index is 14.4. The molecule has 6 nitrogen and oxygen atoms in total. The van der Waals surface area contributed by atoms with Crippen LogP contribution in [0.1, 0.15) is 16.3 Å². The Morgan fingerprint density at radius 3 is 2.39 bits per heavy atom. The van der Waals surface area contributed by atoms with Gasteiger partial charge >= 0.3 is 0 Å². The summed E-state index contributed by atoms with van der Waals surface area (Å²) in [5, 5.41) is -0.0302. The second kappa shape index (κ2) is 8.41. The number of hydrogen-bond acceptors (Lipinski definition) is 5. The van der Waals surface area contributed by atoms with Crippen LogP contribution in [0.3, 0.4) is 0 Å². The molecule has 0 aliphatic carbocycles. The highest BCUT2D eigenvalue weighted by atomic mass is 35.5. The highest BCUT2D eigenvalue weighted by Gasteiger charge is 2.28. The van der Waals surface area contributed by atoms with Crippen molar-refractivity contribution in [2.75, 3.05) is 4.90 Å². The lowest BCUT2D eigenvalue weighted by molar-refractivity contribution is 0.0950. The topological polar surface area (TPSA) is 80.7 Å². The molecule has 0 atom stereocenters. The molecule has 0 spiro atoms. The number of carbonyl (C=O) groups excluding carboxylic acids is 1. The van der Waals surface area contributed by atoms with Crippen LogP contribution in [0.15, 0.2) is 97.9 Å². The maximum Gasteiger partial charge on any atom is 0.294 e. The Bertz CT molecular complexity index is 1310. The standard InChI is InChI=1S/C22H15ClFNO5S/c23-15-7-9-17(10-8-15)31(27,28)21-12-11-20(30-21)22(26)25(14-16-4-3-13-29-16)19-6-2-1-5-18(19)24/h1-13H,14H2. The van der Waals surface area contributed by atoms with Crippen LogP contribution in [0.25, 0.3) is 0 Å². The van der Waals surface area contributed by atoms with E-state index in [2.05, 4.69) is 0 Å². The molecule has 0 aliphatic rings. The van der Waals surface area contributed by atoms with Crippen LogP contribution in [0.5, 0.6) is 0 Å². The van der Waals surface area contributed by atoms with Crippen molar-refractivity contribution in [1.82, 2.24) is 0 Å². The molecule has 4 aromatic rings. The number of benzene rings is 2. The minimum absolute atomic E-state index is 0.00223. The fourth-order valence-corrected chi connectivity index (χ4v) is 4.24. The fraction of sp³-hybridized carbons (Fsp3) is 0.0455. The van der Waals surface area contributed by atoms with E-state index in [1.54, 1.807) is 18.2 Å². The van der Waals surface area contributed by atoms with Crippen LogP contribution >= 0.6 is 11.6 Å². The minimum atomic E-state index is -4.01. The van der Waals surface area contributed by atoms with Crippen molar-refractivity contribution in [1.29, 1.82) is 0 Å². The Morgan fingerprint density at radius 2 is 1.71 bits per heavy atom. The predicted octanol–water partition coefficient (Wildman–Crippen LogP) is 5.34. The molecule has 0 radical (unpaired) electrons. The maximum absolute atomic E-state index is 14.4. The lowest BCUT2D eigenvalue weighted by Gasteiger charge is -2.21. The molecule has 4 rings (SSSR count). The normalized spacial score (nSPS) is 11.4. The fourth-order valence-electron chi connectivity index (χ4n) is 2.94. The number of anilines is 1. The van der Waals surface area contributed by atoms with Crippen LogP contribution in [-0.2, 0) is 16.4 Å². The lowest BCUT2D eigenvalue weighted by Crippen LogP contribution is -2.30. The predicted molar refractivity (Wildman–Crippen MR) is 111 cm³/mol. The van der Waals surface area contributed by atoms with E-state index < -0.39 is 26.7 Å². The first kappa shape index (κ1) is 20.9. The lowest BCUT2D eigenvalue weighted by atomic mass is 10.2. The van der Waals surface area contributed by atoms with E-state index >= 15 is 0 Å². The Labute approximate surface area is 182 Å². The average molecular weight is 460 g/mol. The molecule has 1 amide bonds. The Kier molecular flexibility index (Phi) is 5.67. The summed E-state index contributed by atoms with van der Waals surface area (Å²) in [6.07, 6.45) is 1.43. The van der Waals surface area contributed by atoms with Gasteiger partial charge in [-0.1, -0.05) is 23.7 Å². The summed E-state index contributed by atoms with van der Waals surface area (Å²) >= 11 is 5.81. The van der Waals surface area contributed by atoms with Gasteiger partial charge in [-0.3, -0.25) is 9.69 Å². The monoisotopic (exact) mass is 459 g/mol. The van der Waals surface area contributed by atoms with Crippen molar-refractivity contribution in [3.05, 3.63) is 101 Å². The zero-order valence-electron chi connectivity index (χ0n) is 15.9. The zero-order chi connectivity index (χ0) is 22.0. The summed E-state index contributed by atoms with van der Waals surface area (Å²) in [7, 11) is -4.01. The summed E-state index contributed by atoms with van der Waals surface area (Å²) in [5.74, 6) is -1.19. The van der Waals surface area contributed by atoms with Gasteiger partial charge in [-0.25, -0.2) is 12.8 Å². The van der Waals surface area contributed by atoms with Crippen LogP contribution in [-0.4, -0.2) is 14.3 Å². The molecule has 0 N–H and O–H groups in total. The number of rotatable bonds is 6. The van der Waals surface area contributed by atoms with E-state index in [0.29, 0.717) is 10.8 Å². The summed E-state index contributed by atoms with van der Waals surface area (Å²) in [6.45, 7) is -0.0767. The minimum Gasteiger partial charge on any atom is -0.467 e. The number of sulfone groups is 1. The molecule has 2 aromatic heterocycles. The number of para-hydroxylation sites is 1. The van der Waals surface area contributed by atoms with Gasteiger partial charge in [0.1, 0.15) is 11.6 Å². The van der Waals surface area contributed by atoms with E-state index in [-0.39, 0.29) is 22.9 Å². The summed E-state index contributed by atoms with van der Waals surface area (Å²) in [5.41, 5.74) is 0.00223. The Balaban J connectivity index is 1.69. The first-order valence-electron chi connectivity index (χ1n) is 9.05. The summed E-state index contributed by atoms with van der Waals surface area (Å²) < 4.78 is 50.7. The highest BCUT2D eigenvalue weighted by Crippen LogP contribution is 2.27. The zero-order valence-corrected chi connectivity index (χ0v) is 17.4. The molecule has 2 aromatic carbocycles. The van der Waals surface area contributed by atoms with Gasteiger partial charge in [-0.15, -0.1) is 0 Å². The van der Waals surface area contributed by atoms with Gasteiger partial charge in [0.15, 0.2) is 5.76 Å². The van der Waals surface area contributed by atoms with Crippen molar-refractivity contribution in [2.24, 2.45) is 0 Å². The van der Waals surface area contributed by atoms with Crippen LogP contribution in [0.4, 0.5) is 10.1 Å². The highest BCUT2D eigenvalue weighted by molar-refractivity contribution is 7.91. The molecule has 0 saturated heterocycles. The van der Waals surface area contributed by atoms with Crippen molar-refractivity contribution in [3.8, 4) is 0 Å². The number of amides is 1. The summed E-state index contributed by atoms with van der Waals surface area (Å²) in [4.78, 5) is 14.2. The van der Waals surface area contributed by atoms with Gasteiger partial charge < -0.3 is 8.83 Å². The second-order valence-corrected chi connectivity index (χ2v) is 8.82. The number of nitrogens with zero attached hydrogens (tertiary/aromatic N) is 1. The van der Waals surface area contributed by atoms with Gasteiger partial charge in [-0.2, -0.15) is 0 Å². The molecule has 31 heavy (non-hydrogen) atoms. The van der Waals surface area contributed by atoms with Crippen molar-refractivity contribution in [3.63, 3.8) is 0 Å². The molecular weight excluding hydrogens is 445 g/mol. The number of carbonyl (C=O) groups is 1. The third kappa shape index (κ3) is 4.26. The van der Waals surface area contributed by atoms with E-state index in [9.17, 15) is 17.6 Å². The van der Waals surface area contributed by atoms with Crippen molar-refractivity contribution >= 4 is 33.0 Å². The number of hydrogen-bond donors (Lipinski definition) is 0. The van der Waals surface area contributed by atoms with Crippen molar-refractivity contribution in [2.45, 2.75) is 16.5 Å². The van der Waals surface area contributed by atoms with Gasteiger partial charge in [0.25, 0.3) is 5.91 Å². The quantitative estimate of drug-likeness (QED) is 0.388. The van der Waals surface area contributed by atoms with E-state index in [1.165, 1.54) is 60.9 Å². The third-order valence-electron chi connectivity index (χ3n) is 4.46. The number of halogens is 2. The largest absolute Gasteiger partial charge is 0.467 e. The smallest absolute Gasteiger partial charge is 0.294 e. The van der Waals surface area contributed by atoms with Gasteiger partial charge in [-0.05, 0) is 60.7 Å². The van der Waals surface area contributed by atoms with Crippen LogP contribution < -0.4 is 4.90 Å². The molecule has 158 valence electrons. The molecule has 0 saturated carbocycles. The van der Waals surface area contributed by atoms with Crippen LogP contribution in [0.2, 0.25) is 5.02 Å². The Hall–Kier alpha value is -3.36. The van der Waals surface area contributed by atoms with E-state index in [4.69, 9.17) is 20.4 Å². The van der Waals surface area contributed by atoms with E-state index in [1.807, 2.05) is 0 Å². The average Bonchev–Trinajstić information content (AvgIpc) is 3.45. The number of furan rings is 2. The molecule has 0 bridgehead atoms. The molecule has 2 heterocycles. The molecule has 0 fully saturated rings. The van der Waals surface area contributed by atoms with Crippen LogP contribution in [0, 0.1) is 5.82 Å². The first-order valence-corrected chi connectivity index (χ1v) is 10.9. The summed E-state index contributed by atoms with van der Waals surface area (Å²) in [6, 6.07) is 17.0. The van der Waals surface area contributed by atoms with Gasteiger partial charge in [0.05, 0.1) is 23.4 Å². The second-order valence-electron chi connectivity index (χ2n) is 6.50. The SMILES string of the molecule is O=C(c1ccc(S(=O)(=O)c2ccc(Cl)cc2)o1)N(Cc1ccco1)c1ccccc1F. The van der Waals surface area contributed by atoms with Crippen molar-refractivity contribution < 1.29 is 26.4 Å².